The maximum Gasteiger partial charge on any atom is 0.337 e. The quantitative estimate of drug-likeness (QED) is 0.902. The highest BCUT2D eigenvalue weighted by atomic mass is 35.5. The molecule has 21 heavy (non-hydrogen) atoms. The van der Waals surface area contributed by atoms with Gasteiger partial charge in [-0.2, -0.15) is 16.1 Å². The molecule has 1 saturated heterocycles. The van der Waals surface area contributed by atoms with Crippen molar-refractivity contribution in [3.8, 4) is 0 Å². The lowest BCUT2D eigenvalue weighted by Gasteiger charge is -2.29. The molecule has 0 saturated carbocycles. The minimum atomic E-state index is -3.93. The lowest BCUT2D eigenvalue weighted by Crippen LogP contribution is -2.41. The predicted octanol–water partition coefficient (Wildman–Crippen LogP) is 2.30. The summed E-state index contributed by atoms with van der Waals surface area (Å²) in [4.78, 5) is 10.6. The fourth-order valence-electron chi connectivity index (χ4n) is 2.02. The average Bonchev–Trinajstić information content (AvgIpc) is 2.41. The third-order valence-corrected chi connectivity index (χ3v) is 6.44. The summed E-state index contributed by atoms with van der Waals surface area (Å²) in [7, 11) is -3.93. The van der Waals surface area contributed by atoms with Crippen molar-refractivity contribution in [3.63, 3.8) is 0 Å². The van der Waals surface area contributed by atoms with Crippen LogP contribution in [0.25, 0.3) is 0 Å². The van der Waals surface area contributed by atoms with Gasteiger partial charge in [-0.3, -0.25) is 0 Å². The summed E-state index contributed by atoms with van der Waals surface area (Å²) >= 11 is 7.20. The first kappa shape index (κ1) is 16.5. The van der Waals surface area contributed by atoms with Crippen LogP contribution < -0.4 is 0 Å². The van der Waals surface area contributed by atoms with Crippen molar-refractivity contribution in [2.45, 2.75) is 17.1 Å². The van der Waals surface area contributed by atoms with Gasteiger partial charge in [0.2, 0.25) is 10.0 Å². The molecular formula is C12H13ClFNO4S2. The Morgan fingerprint density at radius 3 is 2.76 bits per heavy atom. The number of aromatic carboxylic acids is 1. The number of thioether (sulfide) groups is 1. The molecule has 1 heterocycles. The Labute approximate surface area is 131 Å². The monoisotopic (exact) mass is 353 g/mol. The zero-order chi connectivity index (χ0) is 15.8. The first-order valence-electron chi connectivity index (χ1n) is 6.07. The number of benzene rings is 1. The number of hydrogen-bond acceptors (Lipinski definition) is 4. The molecule has 0 amide bonds. The summed E-state index contributed by atoms with van der Waals surface area (Å²) in [6.07, 6.45) is 0. The van der Waals surface area contributed by atoms with E-state index < -0.39 is 32.4 Å². The van der Waals surface area contributed by atoms with Gasteiger partial charge in [-0.1, -0.05) is 18.5 Å². The topological polar surface area (TPSA) is 74.7 Å². The Balaban J connectivity index is 2.47. The molecular weight excluding hydrogens is 341 g/mol. The van der Waals surface area contributed by atoms with Crippen LogP contribution >= 0.6 is 23.4 Å². The van der Waals surface area contributed by atoms with Crippen LogP contribution in [-0.4, -0.2) is 47.9 Å². The molecule has 9 heteroatoms. The molecule has 1 N–H and O–H groups in total. The molecule has 0 bridgehead atoms. The van der Waals surface area contributed by atoms with E-state index in [0.29, 0.717) is 18.8 Å². The van der Waals surface area contributed by atoms with Gasteiger partial charge in [-0.25, -0.2) is 17.6 Å². The lowest BCUT2D eigenvalue weighted by molar-refractivity contribution is 0.0696. The number of sulfonamides is 1. The number of halogens is 2. The van der Waals surface area contributed by atoms with Gasteiger partial charge < -0.3 is 5.11 Å². The van der Waals surface area contributed by atoms with Crippen molar-refractivity contribution < 1.29 is 22.7 Å². The summed E-state index contributed by atoms with van der Waals surface area (Å²) in [5.74, 6) is -1.89. The van der Waals surface area contributed by atoms with E-state index >= 15 is 0 Å². The van der Waals surface area contributed by atoms with Crippen molar-refractivity contribution in [2.75, 3.05) is 18.8 Å². The van der Waals surface area contributed by atoms with Crippen LogP contribution in [0.2, 0.25) is 5.02 Å². The molecule has 5 nitrogen and oxygen atoms in total. The molecule has 1 aliphatic heterocycles. The van der Waals surface area contributed by atoms with Crippen molar-refractivity contribution in [2.24, 2.45) is 0 Å². The molecule has 0 aromatic heterocycles. The van der Waals surface area contributed by atoms with Crippen LogP contribution in [-0.2, 0) is 10.0 Å². The van der Waals surface area contributed by atoms with Crippen molar-refractivity contribution in [3.05, 3.63) is 28.5 Å². The van der Waals surface area contributed by atoms with E-state index in [-0.39, 0.29) is 10.1 Å². The average molecular weight is 354 g/mol. The first-order valence-corrected chi connectivity index (χ1v) is 8.94. The van der Waals surface area contributed by atoms with Crippen LogP contribution in [0.3, 0.4) is 0 Å². The second-order valence-corrected chi connectivity index (χ2v) is 8.48. The molecule has 1 unspecified atom stereocenters. The number of nitrogens with zero attached hydrogens (tertiary/aromatic N) is 1. The van der Waals surface area contributed by atoms with Gasteiger partial charge in [-0.05, 0) is 12.1 Å². The Kier molecular flexibility index (Phi) is 4.82. The summed E-state index contributed by atoms with van der Waals surface area (Å²) in [6.45, 7) is 2.51. The number of hydrogen-bond donors (Lipinski definition) is 1. The van der Waals surface area contributed by atoms with Gasteiger partial charge in [-0.15, -0.1) is 0 Å². The van der Waals surface area contributed by atoms with Crippen LogP contribution in [0.5, 0.6) is 0 Å². The maximum absolute atomic E-state index is 13.7. The van der Waals surface area contributed by atoms with Crippen molar-refractivity contribution in [1.82, 2.24) is 4.31 Å². The highest BCUT2D eigenvalue weighted by molar-refractivity contribution is 8.00. The zero-order valence-electron chi connectivity index (χ0n) is 11.0. The van der Waals surface area contributed by atoms with Crippen LogP contribution in [0.15, 0.2) is 17.0 Å². The molecule has 116 valence electrons. The normalized spacial score (nSPS) is 20.4. The van der Waals surface area contributed by atoms with Crippen LogP contribution in [0, 0.1) is 5.82 Å². The third-order valence-electron chi connectivity index (χ3n) is 3.07. The van der Waals surface area contributed by atoms with Crippen LogP contribution in [0.1, 0.15) is 17.3 Å². The highest BCUT2D eigenvalue weighted by Crippen LogP contribution is 2.28. The molecule has 1 aromatic carbocycles. The molecule has 0 radical (unpaired) electrons. The van der Waals surface area contributed by atoms with E-state index in [1.54, 1.807) is 11.8 Å². The number of carboxylic acids is 1. The number of carboxylic acid groups (broad SMARTS) is 1. The minimum Gasteiger partial charge on any atom is -0.478 e. The smallest absolute Gasteiger partial charge is 0.337 e. The molecule has 1 aromatic rings. The van der Waals surface area contributed by atoms with E-state index in [1.165, 1.54) is 4.31 Å². The van der Waals surface area contributed by atoms with Crippen molar-refractivity contribution >= 4 is 39.4 Å². The Hall–Kier alpha value is -0.830. The standard InChI is InChI=1S/C12H13ClFNO4S2/c1-7-6-15(2-3-20-7)21(18,19)8-4-9(12(16)17)11(13)10(14)5-8/h4-5,7H,2-3,6H2,1H3,(H,16,17). The summed E-state index contributed by atoms with van der Waals surface area (Å²) < 4.78 is 39.9. The maximum atomic E-state index is 13.7. The van der Waals surface area contributed by atoms with Crippen molar-refractivity contribution in [1.29, 1.82) is 0 Å². The molecule has 2 rings (SSSR count). The fraction of sp³-hybridized carbons (Fsp3) is 0.417. The first-order chi connectivity index (χ1) is 9.73. The number of carbonyl (C=O) groups is 1. The van der Waals surface area contributed by atoms with Gasteiger partial charge in [0.1, 0.15) is 5.82 Å². The zero-order valence-corrected chi connectivity index (χ0v) is 13.4. The molecule has 1 aliphatic rings. The van der Waals surface area contributed by atoms with E-state index in [1.807, 2.05) is 6.92 Å². The summed E-state index contributed by atoms with van der Waals surface area (Å²) in [5.41, 5.74) is -0.560. The van der Waals surface area contributed by atoms with Crippen LogP contribution in [0.4, 0.5) is 4.39 Å². The second kappa shape index (κ2) is 6.12. The van der Waals surface area contributed by atoms with Gasteiger partial charge >= 0.3 is 5.97 Å². The highest BCUT2D eigenvalue weighted by Gasteiger charge is 2.30. The van der Waals surface area contributed by atoms with E-state index in [4.69, 9.17) is 16.7 Å². The predicted molar refractivity (Wildman–Crippen MR) is 79.0 cm³/mol. The Bertz CT molecular complexity index is 680. The van der Waals surface area contributed by atoms with E-state index in [2.05, 4.69) is 0 Å². The second-order valence-electron chi connectivity index (χ2n) is 4.62. The molecule has 1 fully saturated rings. The van der Waals surface area contributed by atoms with Gasteiger partial charge in [0.05, 0.1) is 15.5 Å². The van der Waals surface area contributed by atoms with Gasteiger partial charge in [0.15, 0.2) is 0 Å². The van der Waals surface area contributed by atoms with E-state index in [0.717, 1.165) is 12.1 Å². The molecule has 0 spiro atoms. The molecule has 1 atom stereocenters. The minimum absolute atomic E-state index is 0.129. The fourth-order valence-corrected chi connectivity index (χ4v) is 5.00. The molecule has 0 aliphatic carbocycles. The lowest BCUT2D eigenvalue weighted by atomic mass is 10.2. The summed E-state index contributed by atoms with van der Waals surface area (Å²) in [6, 6.07) is 1.66. The Morgan fingerprint density at radius 1 is 1.52 bits per heavy atom. The largest absolute Gasteiger partial charge is 0.478 e. The SMILES string of the molecule is CC1CN(S(=O)(=O)c2cc(F)c(Cl)c(C(=O)O)c2)CCS1. The Morgan fingerprint density at radius 2 is 2.19 bits per heavy atom. The van der Waals surface area contributed by atoms with E-state index in [9.17, 15) is 17.6 Å². The number of rotatable bonds is 3. The summed E-state index contributed by atoms with van der Waals surface area (Å²) in [5, 5.41) is 8.51. The van der Waals surface area contributed by atoms with Gasteiger partial charge in [0.25, 0.3) is 0 Å². The van der Waals surface area contributed by atoms with Gasteiger partial charge in [0, 0.05) is 24.1 Å². The third kappa shape index (κ3) is 3.33.